The molecular weight excluding hydrogens is 326 g/mol. The average molecular weight is 355 g/mol. The Bertz CT molecular complexity index is 743. The van der Waals surface area contributed by atoms with E-state index in [2.05, 4.69) is 22.5 Å². The van der Waals surface area contributed by atoms with Gasteiger partial charge in [0.05, 0.1) is 18.3 Å². The minimum absolute atomic E-state index is 0.0928. The molecule has 1 saturated carbocycles. The van der Waals surface area contributed by atoms with Crippen LogP contribution in [0.15, 0.2) is 30.3 Å². The molecule has 1 aliphatic carbocycles. The van der Waals surface area contributed by atoms with Crippen LogP contribution in [0.2, 0.25) is 0 Å². The molecule has 1 heterocycles. The molecule has 1 aromatic carbocycles. The van der Waals surface area contributed by atoms with Gasteiger partial charge in [-0.15, -0.1) is 0 Å². The standard InChI is InChI=1S/C21H29N3O2/c1-16-15-17(2)24(23-16)14-11-20(25)22-21(12-5-4-6-13-21)18-7-9-19(26-3)10-8-18/h7-10,15H,4-6,11-14H2,1-3H3,(H,22,25). The van der Waals surface area contributed by atoms with E-state index in [0.717, 1.165) is 42.8 Å². The van der Waals surface area contributed by atoms with Crippen LogP contribution in [0, 0.1) is 13.8 Å². The van der Waals surface area contributed by atoms with Gasteiger partial charge in [-0.2, -0.15) is 5.10 Å². The number of carbonyl (C=O) groups is 1. The predicted molar refractivity (Wildman–Crippen MR) is 102 cm³/mol. The number of ether oxygens (including phenoxy) is 1. The van der Waals surface area contributed by atoms with Crippen LogP contribution in [0.25, 0.3) is 0 Å². The molecule has 5 heteroatoms. The van der Waals surface area contributed by atoms with Crippen LogP contribution in [-0.4, -0.2) is 22.8 Å². The highest BCUT2D eigenvalue weighted by atomic mass is 16.5. The largest absolute Gasteiger partial charge is 0.497 e. The first-order valence-electron chi connectivity index (χ1n) is 9.49. The van der Waals surface area contributed by atoms with Gasteiger partial charge in [-0.1, -0.05) is 31.4 Å². The molecule has 0 spiro atoms. The van der Waals surface area contributed by atoms with E-state index in [-0.39, 0.29) is 11.4 Å². The van der Waals surface area contributed by atoms with Crippen molar-refractivity contribution >= 4 is 5.91 Å². The summed E-state index contributed by atoms with van der Waals surface area (Å²) < 4.78 is 7.19. The molecule has 1 aliphatic rings. The van der Waals surface area contributed by atoms with E-state index in [9.17, 15) is 4.79 Å². The Balaban J connectivity index is 1.71. The Labute approximate surface area is 155 Å². The van der Waals surface area contributed by atoms with Crippen LogP contribution in [0.1, 0.15) is 55.5 Å². The van der Waals surface area contributed by atoms with Crippen LogP contribution >= 0.6 is 0 Å². The van der Waals surface area contributed by atoms with Gasteiger partial charge in [0.2, 0.25) is 5.91 Å². The summed E-state index contributed by atoms with van der Waals surface area (Å²) in [6.07, 6.45) is 5.95. The zero-order chi connectivity index (χ0) is 18.6. The van der Waals surface area contributed by atoms with Gasteiger partial charge >= 0.3 is 0 Å². The predicted octanol–water partition coefficient (Wildman–Crippen LogP) is 3.87. The molecule has 0 bridgehead atoms. The molecule has 0 aliphatic heterocycles. The molecule has 140 valence electrons. The summed E-state index contributed by atoms with van der Waals surface area (Å²) in [6.45, 7) is 4.62. The van der Waals surface area contributed by atoms with Crippen molar-refractivity contribution in [2.24, 2.45) is 0 Å². The summed E-state index contributed by atoms with van der Waals surface area (Å²) in [5.74, 6) is 0.936. The minimum atomic E-state index is -0.253. The number of amides is 1. The van der Waals surface area contributed by atoms with Crippen molar-refractivity contribution in [3.63, 3.8) is 0 Å². The first-order valence-corrected chi connectivity index (χ1v) is 9.49. The molecule has 5 nitrogen and oxygen atoms in total. The molecule has 1 aromatic heterocycles. The maximum Gasteiger partial charge on any atom is 0.222 e. The van der Waals surface area contributed by atoms with Gasteiger partial charge in [0.15, 0.2) is 0 Å². The highest BCUT2D eigenvalue weighted by molar-refractivity contribution is 5.77. The van der Waals surface area contributed by atoms with Gasteiger partial charge < -0.3 is 10.1 Å². The number of aryl methyl sites for hydroxylation is 3. The van der Waals surface area contributed by atoms with Crippen LogP contribution in [0.3, 0.4) is 0 Å². The first-order chi connectivity index (χ1) is 12.5. The normalized spacial score (nSPS) is 16.3. The summed E-state index contributed by atoms with van der Waals surface area (Å²) in [5, 5.41) is 7.81. The van der Waals surface area contributed by atoms with Crippen molar-refractivity contribution in [3.05, 3.63) is 47.3 Å². The summed E-state index contributed by atoms with van der Waals surface area (Å²) in [6, 6.07) is 10.2. The van der Waals surface area contributed by atoms with E-state index in [1.54, 1.807) is 7.11 Å². The molecule has 1 N–H and O–H groups in total. The second kappa shape index (κ2) is 7.94. The number of hydrogen-bond acceptors (Lipinski definition) is 3. The molecule has 0 atom stereocenters. The fraction of sp³-hybridized carbons (Fsp3) is 0.524. The quantitative estimate of drug-likeness (QED) is 0.856. The van der Waals surface area contributed by atoms with E-state index >= 15 is 0 Å². The van der Waals surface area contributed by atoms with Crippen molar-refractivity contribution in [1.29, 1.82) is 0 Å². The number of nitrogens with one attached hydrogen (secondary N) is 1. The Morgan fingerprint density at radius 2 is 1.88 bits per heavy atom. The zero-order valence-electron chi connectivity index (χ0n) is 16.0. The number of nitrogens with zero attached hydrogens (tertiary/aromatic N) is 2. The fourth-order valence-corrected chi connectivity index (χ4v) is 3.99. The Hall–Kier alpha value is -2.30. The smallest absolute Gasteiger partial charge is 0.222 e. The Morgan fingerprint density at radius 1 is 1.19 bits per heavy atom. The van der Waals surface area contributed by atoms with E-state index in [1.165, 1.54) is 12.0 Å². The maximum absolute atomic E-state index is 12.7. The van der Waals surface area contributed by atoms with Gasteiger partial charge in [-0.05, 0) is 50.5 Å². The SMILES string of the molecule is COc1ccc(C2(NC(=O)CCn3nc(C)cc3C)CCCCC2)cc1. The molecule has 0 unspecified atom stereocenters. The molecule has 3 rings (SSSR count). The average Bonchev–Trinajstić information content (AvgIpc) is 2.98. The number of rotatable bonds is 6. The van der Waals surface area contributed by atoms with Gasteiger partial charge in [0, 0.05) is 18.7 Å². The second-order valence-electron chi connectivity index (χ2n) is 7.32. The van der Waals surface area contributed by atoms with E-state index in [0.29, 0.717) is 13.0 Å². The molecule has 26 heavy (non-hydrogen) atoms. The number of carbonyl (C=O) groups excluding carboxylic acids is 1. The molecular formula is C21H29N3O2. The zero-order valence-corrected chi connectivity index (χ0v) is 16.0. The fourth-order valence-electron chi connectivity index (χ4n) is 3.99. The van der Waals surface area contributed by atoms with Gasteiger partial charge in [-0.3, -0.25) is 9.48 Å². The van der Waals surface area contributed by atoms with Gasteiger partial charge in [0.1, 0.15) is 5.75 Å². The molecule has 1 amide bonds. The van der Waals surface area contributed by atoms with Gasteiger partial charge in [0.25, 0.3) is 0 Å². The van der Waals surface area contributed by atoms with Crippen molar-refractivity contribution in [1.82, 2.24) is 15.1 Å². The van der Waals surface area contributed by atoms with Crippen LogP contribution in [0.4, 0.5) is 0 Å². The molecule has 2 aromatic rings. The maximum atomic E-state index is 12.7. The van der Waals surface area contributed by atoms with E-state index < -0.39 is 0 Å². The van der Waals surface area contributed by atoms with Crippen molar-refractivity contribution in [3.8, 4) is 5.75 Å². The lowest BCUT2D eigenvalue weighted by atomic mass is 9.76. The molecule has 1 fully saturated rings. The number of aromatic nitrogens is 2. The lowest BCUT2D eigenvalue weighted by Gasteiger charge is -2.39. The minimum Gasteiger partial charge on any atom is -0.497 e. The van der Waals surface area contributed by atoms with Crippen LogP contribution in [-0.2, 0) is 16.9 Å². The lowest BCUT2D eigenvalue weighted by molar-refractivity contribution is -0.123. The summed E-state index contributed by atoms with van der Waals surface area (Å²) in [7, 11) is 1.67. The number of hydrogen-bond donors (Lipinski definition) is 1. The monoisotopic (exact) mass is 355 g/mol. The second-order valence-corrected chi connectivity index (χ2v) is 7.32. The third-order valence-electron chi connectivity index (χ3n) is 5.38. The van der Waals surface area contributed by atoms with E-state index in [1.807, 2.05) is 36.7 Å². The lowest BCUT2D eigenvalue weighted by Crippen LogP contribution is -2.47. The summed E-state index contributed by atoms with van der Waals surface area (Å²) in [5.41, 5.74) is 3.01. The first kappa shape index (κ1) is 18.5. The Morgan fingerprint density at radius 3 is 2.46 bits per heavy atom. The number of benzene rings is 1. The highest BCUT2D eigenvalue weighted by Gasteiger charge is 2.35. The van der Waals surface area contributed by atoms with E-state index in [4.69, 9.17) is 4.74 Å². The molecule has 0 radical (unpaired) electrons. The third kappa shape index (κ3) is 4.09. The topological polar surface area (TPSA) is 56.1 Å². The van der Waals surface area contributed by atoms with Crippen LogP contribution < -0.4 is 10.1 Å². The van der Waals surface area contributed by atoms with Crippen molar-refractivity contribution in [2.75, 3.05) is 7.11 Å². The Kier molecular flexibility index (Phi) is 5.64. The third-order valence-corrected chi connectivity index (χ3v) is 5.38. The van der Waals surface area contributed by atoms with Crippen molar-refractivity contribution in [2.45, 2.75) is 64.5 Å². The van der Waals surface area contributed by atoms with Crippen molar-refractivity contribution < 1.29 is 9.53 Å². The molecule has 0 saturated heterocycles. The number of methoxy groups -OCH3 is 1. The van der Waals surface area contributed by atoms with Gasteiger partial charge in [-0.25, -0.2) is 0 Å². The highest BCUT2D eigenvalue weighted by Crippen LogP contribution is 2.37. The van der Waals surface area contributed by atoms with Crippen LogP contribution in [0.5, 0.6) is 5.75 Å². The summed E-state index contributed by atoms with van der Waals surface area (Å²) in [4.78, 5) is 12.7. The summed E-state index contributed by atoms with van der Waals surface area (Å²) >= 11 is 0.